The number of carbonyl (C=O) groups is 1. The number of rotatable bonds is 4. The molecule has 1 amide bonds. The molecular weight excluding hydrogens is 221 g/mol. The van der Waals surface area contributed by atoms with E-state index in [1.165, 1.54) is 18.2 Å². The summed E-state index contributed by atoms with van der Waals surface area (Å²) in [6.07, 6.45) is 1.61. The molecule has 1 aliphatic carbocycles. The monoisotopic (exact) mass is 237 g/mol. The highest BCUT2D eigenvalue weighted by Crippen LogP contribution is 2.32. The highest BCUT2D eigenvalue weighted by Gasteiger charge is 2.29. The van der Waals surface area contributed by atoms with E-state index < -0.39 is 6.10 Å². The van der Waals surface area contributed by atoms with E-state index in [1.54, 1.807) is 6.92 Å². The van der Waals surface area contributed by atoms with Crippen LogP contribution in [0, 0.1) is 18.7 Å². The number of benzene rings is 1. The van der Waals surface area contributed by atoms with Crippen molar-refractivity contribution in [2.24, 2.45) is 5.92 Å². The Hall–Kier alpha value is -1.42. The van der Waals surface area contributed by atoms with E-state index in [-0.39, 0.29) is 18.3 Å². The molecule has 1 fully saturated rings. The highest BCUT2D eigenvalue weighted by molar-refractivity contribution is 5.95. The average Bonchev–Trinajstić information content (AvgIpc) is 3.09. The summed E-state index contributed by atoms with van der Waals surface area (Å²) >= 11 is 0. The van der Waals surface area contributed by atoms with Crippen LogP contribution < -0.4 is 5.32 Å². The smallest absolute Gasteiger partial charge is 0.251 e. The van der Waals surface area contributed by atoms with Crippen molar-refractivity contribution in [3.63, 3.8) is 0 Å². The first-order valence-corrected chi connectivity index (χ1v) is 5.80. The summed E-state index contributed by atoms with van der Waals surface area (Å²) in [5.41, 5.74) is 1.05. The normalized spacial score (nSPS) is 16.6. The van der Waals surface area contributed by atoms with Crippen molar-refractivity contribution in [3.8, 4) is 0 Å². The van der Waals surface area contributed by atoms with Crippen LogP contribution in [0.1, 0.15) is 28.8 Å². The molecule has 92 valence electrons. The molecule has 1 unspecified atom stereocenters. The Kier molecular flexibility index (Phi) is 3.43. The Morgan fingerprint density at radius 1 is 1.59 bits per heavy atom. The molecule has 0 aromatic heterocycles. The van der Waals surface area contributed by atoms with Gasteiger partial charge in [0, 0.05) is 12.1 Å². The minimum Gasteiger partial charge on any atom is -0.391 e. The first-order valence-electron chi connectivity index (χ1n) is 5.80. The number of amides is 1. The van der Waals surface area contributed by atoms with Gasteiger partial charge in [-0.2, -0.15) is 0 Å². The second-order valence-electron chi connectivity index (χ2n) is 4.57. The van der Waals surface area contributed by atoms with Gasteiger partial charge in [0.25, 0.3) is 5.91 Å². The number of aliphatic hydroxyl groups is 1. The van der Waals surface area contributed by atoms with Crippen molar-refractivity contribution in [2.75, 3.05) is 6.54 Å². The minimum atomic E-state index is -0.459. The maximum absolute atomic E-state index is 12.9. The largest absolute Gasteiger partial charge is 0.391 e. The third kappa shape index (κ3) is 3.03. The molecule has 0 aliphatic heterocycles. The molecule has 0 saturated heterocycles. The van der Waals surface area contributed by atoms with Gasteiger partial charge in [-0.1, -0.05) is 0 Å². The number of halogens is 1. The van der Waals surface area contributed by atoms with Gasteiger partial charge in [0.1, 0.15) is 5.82 Å². The van der Waals surface area contributed by atoms with Crippen molar-refractivity contribution in [1.82, 2.24) is 5.32 Å². The maximum Gasteiger partial charge on any atom is 0.251 e. The lowest BCUT2D eigenvalue weighted by Gasteiger charge is -2.11. The molecule has 0 bridgehead atoms. The molecule has 1 saturated carbocycles. The predicted molar refractivity (Wildman–Crippen MR) is 62.2 cm³/mol. The lowest BCUT2D eigenvalue weighted by atomic mass is 10.1. The molecule has 1 aromatic rings. The fourth-order valence-electron chi connectivity index (χ4n) is 1.82. The standard InChI is InChI=1S/C13H16FNO2/c1-8-6-10(14)4-5-11(8)13(17)15-7-12(16)9-2-3-9/h4-6,9,12,16H,2-3,7H2,1H3,(H,15,17). The molecular formula is C13H16FNO2. The summed E-state index contributed by atoms with van der Waals surface area (Å²) < 4.78 is 12.9. The molecule has 0 spiro atoms. The van der Waals surface area contributed by atoms with Crippen LogP contribution in [0.2, 0.25) is 0 Å². The molecule has 3 nitrogen and oxygen atoms in total. The summed E-state index contributed by atoms with van der Waals surface area (Å²) in [6.45, 7) is 1.95. The van der Waals surface area contributed by atoms with E-state index in [0.29, 0.717) is 17.0 Å². The summed E-state index contributed by atoms with van der Waals surface area (Å²) in [5, 5.41) is 12.3. The molecule has 2 N–H and O–H groups in total. The second-order valence-corrected chi connectivity index (χ2v) is 4.57. The molecule has 17 heavy (non-hydrogen) atoms. The van der Waals surface area contributed by atoms with E-state index in [1.807, 2.05) is 0 Å². The zero-order valence-corrected chi connectivity index (χ0v) is 9.74. The lowest BCUT2D eigenvalue weighted by Crippen LogP contribution is -2.33. The Morgan fingerprint density at radius 3 is 2.88 bits per heavy atom. The van der Waals surface area contributed by atoms with Crippen LogP contribution >= 0.6 is 0 Å². The quantitative estimate of drug-likeness (QED) is 0.836. The molecule has 1 atom stereocenters. The lowest BCUT2D eigenvalue weighted by molar-refractivity contribution is 0.0900. The number of hydrogen-bond donors (Lipinski definition) is 2. The molecule has 2 rings (SSSR count). The summed E-state index contributed by atoms with van der Waals surface area (Å²) in [5.74, 6) is -0.274. The Labute approximate surface area is 99.7 Å². The van der Waals surface area contributed by atoms with E-state index in [0.717, 1.165) is 12.8 Å². The summed E-state index contributed by atoms with van der Waals surface area (Å²) in [6, 6.07) is 4.05. The van der Waals surface area contributed by atoms with Crippen molar-refractivity contribution in [1.29, 1.82) is 0 Å². The van der Waals surface area contributed by atoms with Crippen LogP contribution in [0.5, 0.6) is 0 Å². The van der Waals surface area contributed by atoms with Crippen LogP contribution in [-0.4, -0.2) is 23.7 Å². The summed E-state index contributed by atoms with van der Waals surface area (Å²) in [4.78, 5) is 11.8. The van der Waals surface area contributed by atoms with Gasteiger partial charge in [-0.25, -0.2) is 4.39 Å². The Morgan fingerprint density at radius 2 is 2.29 bits per heavy atom. The van der Waals surface area contributed by atoms with Crippen molar-refractivity contribution >= 4 is 5.91 Å². The molecule has 0 heterocycles. The number of aliphatic hydroxyl groups excluding tert-OH is 1. The maximum atomic E-state index is 12.9. The predicted octanol–water partition coefficient (Wildman–Crippen LogP) is 1.63. The van der Waals surface area contributed by atoms with Gasteiger partial charge in [0.2, 0.25) is 0 Å². The molecule has 4 heteroatoms. The van der Waals surface area contributed by atoms with Gasteiger partial charge < -0.3 is 10.4 Å². The molecule has 1 aromatic carbocycles. The van der Waals surface area contributed by atoms with Crippen LogP contribution in [0.25, 0.3) is 0 Å². The van der Waals surface area contributed by atoms with E-state index in [9.17, 15) is 14.3 Å². The average molecular weight is 237 g/mol. The molecule has 1 aliphatic rings. The topological polar surface area (TPSA) is 49.3 Å². The van der Waals surface area contributed by atoms with Crippen LogP contribution in [0.15, 0.2) is 18.2 Å². The van der Waals surface area contributed by atoms with E-state index in [2.05, 4.69) is 5.32 Å². The summed E-state index contributed by atoms with van der Waals surface area (Å²) in [7, 11) is 0. The third-order valence-corrected chi connectivity index (χ3v) is 3.07. The van der Waals surface area contributed by atoms with Gasteiger partial charge in [-0.3, -0.25) is 4.79 Å². The van der Waals surface area contributed by atoms with E-state index in [4.69, 9.17) is 0 Å². The number of aryl methyl sites for hydroxylation is 1. The fourth-order valence-corrected chi connectivity index (χ4v) is 1.82. The second kappa shape index (κ2) is 4.84. The first kappa shape index (κ1) is 12.0. The van der Waals surface area contributed by atoms with Gasteiger partial charge in [0.05, 0.1) is 6.10 Å². The van der Waals surface area contributed by atoms with Gasteiger partial charge in [-0.05, 0) is 49.4 Å². The SMILES string of the molecule is Cc1cc(F)ccc1C(=O)NCC(O)C1CC1. The Balaban J connectivity index is 1.94. The van der Waals surface area contributed by atoms with Gasteiger partial charge in [-0.15, -0.1) is 0 Å². The molecule has 0 radical (unpaired) electrons. The number of nitrogens with one attached hydrogen (secondary N) is 1. The van der Waals surface area contributed by atoms with Crippen molar-refractivity contribution in [3.05, 3.63) is 35.1 Å². The van der Waals surface area contributed by atoms with Crippen LogP contribution in [0.3, 0.4) is 0 Å². The van der Waals surface area contributed by atoms with Crippen molar-refractivity contribution < 1.29 is 14.3 Å². The zero-order valence-electron chi connectivity index (χ0n) is 9.74. The van der Waals surface area contributed by atoms with Crippen LogP contribution in [0.4, 0.5) is 4.39 Å². The highest BCUT2D eigenvalue weighted by atomic mass is 19.1. The van der Waals surface area contributed by atoms with E-state index >= 15 is 0 Å². The van der Waals surface area contributed by atoms with Crippen LogP contribution in [-0.2, 0) is 0 Å². The zero-order chi connectivity index (χ0) is 12.4. The fraction of sp³-hybridized carbons (Fsp3) is 0.462. The van der Waals surface area contributed by atoms with Gasteiger partial charge in [0.15, 0.2) is 0 Å². The minimum absolute atomic E-state index is 0.262. The number of hydrogen-bond acceptors (Lipinski definition) is 2. The van der Waals surface area contributed by atoms with Gasteiger partial charge >= 0.3 is 0 Å². The Bertz CT molecular complexity index is 429. The van der Waals surface area contributed by atoms with Crippen molar-refractivity contribution in [2.45, 2.75) is 25.9 Å². The first-order chi connectivity index (χ1) is 8.08. The number of carbonyl (C=O) groups excluding carboxylic acids is 1. The third-order valence-electron chi connectivity index (χ3n) is 3.07.